The van der Waals surface area contributed by atoms with E-state index in [1.54, 1.807) is 24.3 Å². The Labute approximate surface area is 124 Å². The number of benzene rings is 1. The van der Waals surface area contributed by atoms with Crippen LogP contribution in [-0.2, 0) is 4.79 Å². The maximum absolute atomic E-state index is 11.8. The van der Waals surface area contributed by atoms with Gasteiger partial charge in [-0.3, -0.25) is 9.59 Å². The Morgan fingerprint density at radius 3 is 2.30 bits per heavy atom. The molecule has 0 saturated carbocycles. The number of hydrogen-bond donors (Lipinski definition) is 2. The van der Waals surface area contributed by atoms with E-state index in [9.17, 15) is 9.59 Å². The maximum atomic E-state index is 11.8. The minimum Gasteiger partial charge on any atom is -0.353 e. The van der Waals surface area contributed by atoms with Crippen molar-refractivity contribution in [1.29, 1.82) is 0 Å². The van der Waals surface area contributed by atoms with Crippen LogP contribution in [0.2, 0.25) is 5.02 Å². The highest BCUT2D eigenvalue weighted by atomic mass is 35.5. The number of carbonyl (C=O) groups excluding carboxylic acids is 2. The van der Waals surface area contributed by atoms with Crippen molar-refractivity contribution in [1.82, 2.24) is 10.6 Å². The third-order valence-corrected chi connectivity index (χ3v) is 3.38. The Kier molecular flexibility index (Phi) is 6.52. The SMILES string of the molecule is CC(C)[C@H](C)NC(=O)CCNC(=O)c1ccc(Cl)cc1. The fourth-order valence-electron chi connectivity index (χ4n) is 1.49. The number of halogens is 1. The van der Waals surface area contributed by atoms with Crippen LogP contribution in [0.1, 0.15) is 37.6 Å². The van der Waals surface area contributed by atoms with E-state index < -0.39 is 0 Å². The summed E-state index contributed by atoms with van der Waals surface area (Å²) in [5.41, 5.74) is 0.533. The van der Waals surface area contributed by atoms with Gasteiger partial charge in [-0.1, -0.05) is 25.4 Å². The van der Waals surface area contributed by atoms with Crippen molar-refractivity contribution in [3.63, 3.8) is 0 Å². The molecular weight excluding hydrogens is 276 g/mol. The normalized spacial score (nSPS) is 12.1. The summed E-state index contributed by atoms with van der Waals surface area (Å²) in [5, 5.41) is 6.19. The van der Waals surface area contributed by atoms with E-state index in [4.69, 9.17) is 11.6 Å². The predicted molar refractivity (Wildman–Crippen MR) is 80.8 cm³/mol. The van der Waals surface area contributed by atoms with Crippen molar-refractivity contribution in [2.45, 2.75) is 33.2 Å². The lowest BCUT2D eigenvalue weighted by Crippen LogP contribution is -2.38. The smallest absolute Gasteiger partial charge is 0.251 e. The van der Waals surface area contributed by atoms with Gasteiger partial charge in [0.1, 0.15) is 0 Å². The van der Waals surface area contributed by atoms with Gasteiger partial charge >= 0.3 is 0 Å². The summed E-state index contributed by atoms with van der Waals surface area (Å²) < 4.78 is 0. The lowest BCUT2D eigenvalue weighted by Gasteiger charge is -2.17. The van der Waals surface area contributed by atoms with Gasteiger partial charge in [-0.2, -0.15) is 0 Å². The van der Waals surface area contributed by atoms with E-state index in [2.05, 4.69) is 10.6 Å². The Bertz CT molecular complexity index is 457. The Balaban J connectivity index is 2.32. The molecule has 110 valence electrons. The van der Waals surface area contributed by atoms with E-state index in [1.165, 1.54) is 0 Å². The molecular formula is C15H21ClN2O2. The summed E-state index contributed by atoms with van der Waals surface area (Å²) in [7, 11) is 0. The van der Waals surface area contributed by atoms with E-state index in [0.717, 1.165) is 0 Å². The van der Waals surface area contributed by atoms with Gasteiger partial charge in [-0.25, -0.2) is 0 Å². The van der Waals surface area contributed by atoms with E-state index in [-0.39, 0.29) is 24.3 Å². The summed E-state index contributed by atoms with van der Waals surface area (Å²) in [4.78, 5) is 23.4. The first kappa shape index (κ1) is 16.5. The van der Waals surface area contributed by atoms with Gasteiger partial charge in [0.05, 0.1) is 0 Å². The van der Waals surface area contributed by atoms with Gasteiger partial charge in [0, 0.05) is 29.6 Å². The average molecular weight is 297 g/mol. The number of nitrogens with one attached hydrogen (secondary N) is 2. The molecule has 1 rings (SSSR count). The van der Waals surface area contributed by atoms with Crippen molar-refractivity contribution in [2.24, 2.45) is 5.92 Å². The third-order valence-electron chi connectivity index (χ3n) is 3.13. The monoisotopic (exact) mass is 296 g/mol. The fourth-order valence-corrected chi connectivity index (χ4v) is 1.61. The zero-order chi connectivity index (χ0) is 15.1. The van der Waals surface area contributed by atoms with Crippen molar-refractivity contribution < 1.29 is 9.59 Å². The molecule has 1 aromatic carbocycles. The summed E-state index contributed by atoms with van der Waals surface area (Å²) in [6.07, 6.45) is 0.274. The Morgan fingerprint density at radius 2 is 1.75 bits per heavy atom. The number of amides is 2. The second-order valence-electron chi connectivity index (χ2n) is 5.11. The van der Waals surface area contributed by atoms with Gasteiger partial charge in [0.15, 0.2) is 0 Å². The third kappa shape index (κ3) is 5.61. The van der Waals surface area contributed by atoms with E-state index in [0.29, 0.717) is 23.0 Å². The van der Waals surface area contributed by atoms with Crippen molar-refractivity contribution in [3.8, 4) is 0 Å². The van der Waals surface area contributed by atoms with Crippen LogP contribution in [0.5, 0.6) is 0 Å². The van der Waals surface area contributed by atoms with Crippen LogP contribution in [0.25, 0.3) is 0 Å². The molecule has 2 N–H and O–H groups in total. The van der Waals surface area contributed by atoms with E-state index in [1.807, 2.05) is 20.8 Å². The lowest BCUT2D eigenvalue weighted by atomic mass is 10.1. The fraction of sp³-hybridized carbons (Fsp3) is 0.467. The first-order chi connectivity index (χ1) is 9.40. The van der Waals surface area contributed by atoms with Crippen LogP contribution in [-0.4, -0.2) is 24.4 Å². The van der Waals surface area contributed by atoms with Gasteiger partial charge < -0.3 is 10.6 Å². The minimum atomic E-state index is -0.202. The second kappa shape index (κ2) is 7.90. The maximum Gasteiger partial charge on any atom is 0.251 e. The van der Waals surface area contributed by atoms with Crippen molar-refractivity contribution in [3.05, 3.63) is 34.9 Å². The highest BCUT2D eigenvalue weighted by Crippen LogP contribution is 2.09. The number of rotatable bonds is 6. The molecule has 0 aromatic heterocycles. The van der Waals surface area contributed by atoms with Crippen LogP contribution < -0.4 is 10.6 Å². The van der Waals surface area contributed by atoms with Crippen molar-refractivity contribution in [2.75, 3.05) is 6.54 Å². The van der Waals surface area contributed by atoms with Gasteiger partial charge in [0.2, 0.25) is 5.91 Å². The zero-order valence-corrected chi connectivity index (χ0v) is 12.8. The summed E-state index contributed by atoms with van der Waals surface area (Å²) >= 11 is 5.75. The summed E-state index contributed by atoms with van der Waals surface area (Å²) in [6, 6.07) is 6.76. The molecule has 0 aliphatic heterocycles. The molecule has 5 heteroatoms. The zero-order valence-electron chi connectivity index (χ0n) is 12.1. The largest absolute Gasteiger partial charge is 0.353 e. The molecule has 0 heterocycles. The molecule has 2 amide bonds. The molecule has 0 aliphatic carbocycles. The highest BCUT2D eigenvalue weighted by Gasteiger charge is 2.11. The first-order valence-electron chi connectivity index (χ1n) is 6.73. The Morgan fingerprint density at radius 1 is 1.15 bits per heavy atom. The van der Waals surface area contributed by atoms with E-state index >= 15 is 0 Å². The molecule has 1 atom stereocenters. The van der Waals surface area contributed by atoms with Crippen LogP contribution in [0, 0.1) is 5.92 Å². The van der Waals surface area contributed by atoms with Gasteiger partial charge in [-0.05, 0) is 37.1 Å². The Hall–Kier alpha value is -1.55. The topological polar surface area (TPSA) is 58.2 Å². The van der Waals surface area contributed by atoms with Gasteiger partial charge in [-0.15, -0.1) is 0 Å². The van der Waals surface area contributed by atoms with Crippen molar-refractivity contribution >= 4 is 23.4 Å². The summed E-state index contributed by atoms with van der Waals surface area (Å²) in [5.74, 6) is 0.136. The number of hydrogen-bond acceptors (Lipinski definition) is 2. The molecule has 0 aliphatic rings. The van der Waals surface area contributed by atoms with Crippen LogP contribution >= 0.6 is 11.6 Å². The highest BCUT2D eigenvalue weighted by molar-refractivity contribution is 6.30. The molecule has 20 heavy (non-hydrogen) atoms. The molecule has 0 saturated heterocycles. The molecule has 0 fully saturated rings. The standard InChI is InChI=1S/C15H21ClN2O2/c1-10(2)11(3)18-14(19)8-9-17-15(20)12-4-6-13(16)7-5-12/h4-7,10-11H,8-9H2,1-3H3,(H,17,20)(H,18,19)/t11-/m0/s1. The molecule has 1 aromatic rings. The molecule has 4 nitrogen and oxygen atoms in total. The second-order valence-corrected chi connectivity index (χ2v) is 5.55. The summed E-state index contributed by atoms with van der Waals surface area (Å²) in [6.45, 7) is 6.38. The van der Waals surface area contributed by atoms with Crippen LogP contribution in [0.4, 0.5) is 0 Å². The van der Waals surface area contributed by atoms with Crippen LogP contribution in [0.3, 0.4) is 0 Å². The molecule has 0 unspecified atom stereocenters. The quantitative estimate of drug-likeness (QED) is 0.848. The predicted octanol–water partition coefficient (Wildman–Crippen LogP) is 2.62. The first-order valence-corrected chi connectivity index (χ1v) is 7.11. The molecule has 0 spiro atoms. The van der Waals surface area contributed by atoms with Crippen LogP contribution in [0.15, 0.2) is 24.3 Å². The average Bonchev–Trinajstić information content (AvgIpc) is 2.39. The van der Waals surface area contributed by atoms with Gasteiger partial charge in [0.25, 0.3) is 5.91 Å². The number of carbonyl (C=O) groups is 2. The molecule has 0 radical (unpaired) electrons. The minimum absolute atomic E-state index is 0.0531. The lowest BCUT2D eigenvalue weighted by molar-refractivity contribution is -0.121. The molecule has 0 bridgehead atoms.